The summed E-state index contributed by atoms with van der Waals surface area (Å²) in [5.41, 5.74) is 1.94. The smallest absolute Gasteiger partial charge is 0.344 e. The van der Waals surface area contributed by atoms with E-state index in [2.05, 4.69) is 10.7 Å². The molecule has 2 aromatic rings. The zero-order valence-corrected chi connectivity index (χ0v) is 19.0. The van der Waals surface area contributed by atoms with E-state index in [-0.39, 0.29) is 23.2 Å². The van der Waals surface area contributed by atoms with E-state index < -0.39 is 47.8 Å². The van der Waals surface area contributed by atoms with Gasteiger partial charge < -0.3 is 10.1 Å². The monoisotopic (exact) mass is 478 g/mol. The number of rotatable bonds is 7. The van der Waals surface area contributed by atoms with Crippen molar-refractivity contribution >= 4 is 35.6 Å². The van der Waals surface area contributed by atoms with E-state index in [1.165, 1.54) is 25.1 Å². The normalized spacial score (nSPS) is 19.0. The number of ether oxygens (including phenoxy) is 1. The first-order valence-electron chi connectivity index (χ1n) is 10.8. The lowest BCUT2D eigenvalue weighted by Gasteiger charge is -2.19. The largest absolute Gasteiger partial charge is 0.452 e. The Morgan fingerprint density at radius 2 is 1.69 bits per heavy atom. The van der Waals surface area contributed by atoms with Crippen molar-refractivity contribution in [1.29, 1.82) is 0 Å². The number of carbonyl (C=O) groups excluding carboxylic acids is 6. The lowest BCUT2D eigenvalue weighted by molar-refractivity contribution is -0.139. The third-order valence-corrected chi connectivity index (χ3v) is 5.93. The Morgan fingerprint density at radius 3 is 2.34 bits per heavy atom. The molecule has 6 amide bonds. The number of nitrogens with zero attached hydrogens (tertiary/aromatic N) is 2. The van der Waals surface area contributed by atoms with Crippen LogP contribution in [0.3, 0.4) is 0 Å². The van der Waals surface area contributed by atoms with Crippen LogP contribution in [0.1, 0.15) is 56.9 Å². The zero-order chi connectivity index (χ0) is 25.3. The molecule has 1 unspecified atom stereocenters. The van der Waals surface area contributed by atoms with E-state index in [4.69, 9.17) is 4.74 Å². The summed E-state index contributed by atoms with van der Waals surface area (Å²) in [6.07, 6.45) is 0.321. The van der Waals surface area contributed by atoms with Crippen LogP contribution in [-0.2, 0) is 20.9 Å². The molecule has 0 saturated carbocycles. The molecule has 35 heavy (non-hydrogen) atoms. The fourth-order valence-corrected chi connectivity index (χ4v) is 3.72. The van der Waals surface area contributed by atoms with Crippen LogP contribution in [0.25, 0.3) is 0 Å². The van der Waals surface area contributed by atoms with Gasteiger partial charge in [0.15, 0.2) is 6.61 Å². The number of benzene rings is 2. The van der Waals surface area contributed by atoms with E-state index in [0.29, 0.717) is 11.4 Å². The Morgan fingerprint density at radius 1 is 1.00 bits per heavy atom. The van der Waals surface area contributed by atoms with Gasteiger partial charge in [0.1, 0.15) is 5.54 Å². The van der Waals surface area contributed by atoms with Crippen molar-refractivity contribution in [3.63, 3.8) is 0 Å². The van der Waals surface area contributed by atoms with Gasteiger partial charge in [0.05, 0.1) is 23.2 Å². The number of imide groups is 2. The van der Waals surface area contributed by atoms with Gasteiger partial charge in [0.2, 0.25) is 0 Å². The fourth-order valence-electron chi connectivity index (χ4n) is 3.72. The fraction of sp³-hybridized carbons (Fsp3) is 0.250. The minimum absolute atomic E-state index is 0.0344. The van der Waals surface area contributed by atoms with E-state index in [9.17, 15) is 28.8 Å². The van der Waals surface area contributed by atoms with Gasteiger partial charge in [-0.05, 0) is 37.1 Å². The minimum Gasteiger partial charge on any atom is -0.452 e. The maximum absolute atomic E-state index is 12.8. The van der Waals surface area contributed by atoms with Crippen molar-refractivity contribution < 1.29 is 33.5 Å². The number of hydrazine groups is 1. The Hall–Kier alpha value is -4.54. The first kappa shape index (κ1) is 23.6. The van der Waals surface area contributed by atoms with Crippen LogP contribution in [-0.4, -0.2) is 57.7 Å². The number of carbonyl (C=O) groups is 6. The minimum atomic E-state index is -1.14. The number of nitrogens with one attached hydrogen (secondary N) is 2. The van der Waals surface area contributed by atoms with Crippen molar-refractivity contribution in [2.45, 2.75) is 32.4 Å². The van der Waals surface area contributed by atoms with Crippen LogP contribution in [0, 0.1) is 0 Å². The molecule has 1 saturated heterocycles. The van der Waals surface area contributed by atoms with Crippen molar-refractivity contribution in [3.8, 4) is 0 Å². The summed E-state index contributed by atoms with van der Waals surface area (Å²) in [7, 11) is 0. The first-order chi connectivity index (χ1) is 16.6. The standard InChI is InChI=1S/C24H22N4O7/c1-3-24(2)22(33)28(23(34)25-24)26-18(29)13-35-21(32)15-9-10-16-17(11-15)20(31)27(19(16)30)12-14-7-5-4-6-8-14/h4-11H,3,12-13H2,1-2H3,(H,25,34)(H,26,29). The molecule has 0 bridgehead atoms. The number of esters is 1. The summed E-state index contributed by atoms with van der Waals surface area (Å²) in [5.74, 6) is -3.46. The molecule has 1 fully saturated rings. The molecular weight excluding hydrogens is 456 g/mol. The van der Waals surface area contributed by atoms with Crippen LogP contribution in [0.5, 0.6) is 0 Å². The molecule has 1 atom stereocenters. The van der Waals surface area contributed by atoms with Crippen molar-refractivity contribution in [2.24, 2.45) is 0 Å². The second kappa shape index (κ2) is 9.01. The van der Waals surface area contributed by atoms with Crippen LogP contribution in [0.4, 0.5) is 4.79 Å². The van der Waals surface area contributed by atoms with Gasteiger partial charge in [-0.2, -0.15) is 5.01 Å². The van der Waals surface area contributed by atoms with E-state index in [1.807, 2.05) is 6.07 Å². The number of hydrogen-bond acceptors (Lipinski definition) is 7. The van der Waals surface area contributed by atoms with Gasteiger partial charge in [-0.1, -0.05) is 37.3 Å². The van der Waals surface area contributed by atoms with E-state index >= 15 is 0 Å². The molecule has 0 radical (unpaired) electrons. The second-order valence-electron chi connectivity index (χ2n) is 8.31. The highest BCUT2D eigenvalue weighted by Crippen LogP contribution is 2.26. The van der Waals surface area contributed by atoms with Crippen LogP contribution < -0.4 is 10.7 Å². The van der Waals surface area contributed by atoms with Crippen molar-refractivity contribution in [2.75, 3.05) is 6.61 Å². The molecular formula is C24H22N4O7. The Labute approximate surface area is 200 Å². The summed E-state index contributed by atoms with van der Waals surface area (Å²) < 4.78 is 4.96. The SMILES string of the molecule is CCC1(C)NC(=O)N(NC(=O)COC(=O)c2ccc3c(c2)C(=O)N(Cc2ccccc2)C3=O)C1=O. The zero-order valence-electron chi connectivity index (χ0n) is 19.0. The molecule has 11 heteroatoms. The van der Waals surface area contributed by atoms with E-state index in [0.717, 1.165) is 10.5 Å². The van der Waals surface area contributed by atoms with Gasteiger partial charge >= 0.3 is 12.0 Å². The summed E-state index contributed by atoms with van der Waals surface area (Å²) in [6, 6.07) is 12.1. The van der Waals surface area contributed by atoms with E-state index in [1.54, 1.807) is 31.2 Å². The van der Waals surface area contributed by atoms with Gasteiger partial charge in [-0.25, -0.2) is 9.59 Å². The molecule has 180 valence electrons. The molecule has 11 nitrogen and oxygen atoms in total. The molecule has 0 aliphatic carbocycles. The van der Waals surface area contributed by atoms with Gasteiger partial charge in [-0.15, -0.1) is 0 Å². The maximum atomic E-state index is 12.8. The highest BCUT2D eigenvalue weighted by Gasteiger charge is 2.47. The highest BCUT2D eigenvalue weighted by molar-refractivity contribution is 6.21. The number of urea groups is 1. The number of fused-ring (bicyclic) bond motifs is 1. The quantitative estimate of drug-likeness (QED) is 0.348. The third-order valence-electron chi connectivity index (χ3n) is 5.93. The van der Waals surface area contributed by atoms with Crippen LogP contribution in [0.15, 0.2) is 48.5 Å². The average Bonchev–Trinajstić information content (AvgIpc) is 3.22. The Balaban J connectivity index is 1.38. The van der Waals surface area contributed by atoms with Gasteiger partial charge in [0, 0.05) is 0 Å². The number of amides is 6. The topological polar surface area (TPSA) is 142 Å². The van der Waals surface area contributed by atoms with Gasteiger partial charge in [0.25, 0.3) is 23.6 Å². The van der Waals surface area contributed by atoms with Gasteiger partial charge in [-0.3, -0.25) is 29.5 Å². The van der Waals surface area contributed by atoms with Crippen molar-refractivity contribution in [1.82, 2.24) is 20.7 Å². The maximum Gasteiger partial charge on any atom is 0.344 e. The van der Waals surface area contributed by atoms with Crippen LogP contribution in [0.2, 0.25) is 0 Å². The summed E-state index contributed by atoms with van der Waals surface area (Å²) in [5, 5.41) is 3.02. The highest BCUT2D eigenvalue weighted by atomic mass is 16.5. The molecule has 2 aromatic carbocycles. The van der Waals surface area contributed by atoms with Crippen LogP contribution >= 0.6 is 0 Å². The summed E-state index contributed by atoms with van der Waals surface area (Å²) >= 11 is 0. The third kappa shape index (κ3) is 4.35. The second-order valence-corrected chi connectivity index (χ2v) is 8.31. The molecule has 4 rings (SSSR count). The molecule has 0 spiro atoms. The number of hydrogen-bond donors (Lipinski definition) is 2. The predicted octanol–water partition coefficient (Wildman–Crippen LogP) is 1.39. The average molecular weight is 478 g/mol. The Kier molecular flexibility index (Phi) is 6.08. The molecule has 2 heterocycles. The Bertz CT molecular complexity index is 1260. The molecule has 0 aromatic heterocycles. The molecule has 2 aliphatic rings. The predicted molar refractivity (Wildman–Crippen MR) is 120 cm³/mol. The lowest BCUT2D eigenvalue weighted by atomic mass is 10.00. The first-order valence-corrected chi connectivity index (χ1v) is 10.8. The summed E-state index contributed by atoms with van der Waals surface area (Å²) in [6.45, 7) is 2.55. The summed E-state index contributed by atoms with van der Waals surface area (Å²) in [4.78, 5) is 75.5. The molecule has 2 N–H and O–H groups in total. The lowest BCUT2D eigenvalue weighted by Crippen LogP contribution is -2.49. The molecule has 2 aliphatic heterocycles. The van der Waals surface area contributed by atoms with Crippen molar-refractivity contribution in [3.05, 3.63) is 70.8 Å².